The Hall–Kier alpha value is -1.98. The molecule has 0 spiro atoms. The maximum Gasteiger partial charge on any atom is 0.309 e. The van der Waals surface area contributed by atoms with Gasteiger partial charge in [-0.05, 0) is 57.4 Å². The monoisotopic (exact) mass is 384 g/mol. The zero-order valence-electron chi connectivity index (χ0n) is 17.1. The van der Waals surface area contributed by atoms with Crippen molar-refractivity contribution in [1.29, 1.82) is 0 Å². The average Bonchev–Trinajstić information content (AvgIpc) is 2.48. The van der Waals surface area contributed by atoms with Crippen LogP contribution in [-0.2, 0) is 19.1 Å². The number of hydrogen-bond acceptors (Lipinski definition) is 4. The van der Waals surface area contributed by atoms with Crippen molar-refractivity contribution in [3.63, 3.8) is 0 Å². The molecule has 0 aliphatic carbocycles. The van der Waals surface area contributed by atoms with E-state index in [4.69, 9.17) is 9.47 Å². The van der Waals surface area contributed by atoms with Gasteiger partial charge in [-0.1, -0.05) is 20.8 Å². The third-order valence-corrected chi connectivity index (χ3v) is 4.14. The van der Waals surface area contributed by atoms with Crippen LogP contribution >= 0.6 is 0 Å². The van der Waals surface area contributed by atoms with Gasteiger partial charge in [-0.2, -0.15) is 0 Å². The van der Waals surface area contributed by atoms with Gasteiger partial charge in [0.1, 0.15) is 23.3 Å². The maximum absolute atomic E-state index is 14.2. The molecule has 4 nitrogen and oxygen atoms in total. The number of esters is 2. The van der Waals surface area contributed by atoms with Crippen LogP contribution in [-0.4, -0.2) is 23.6 Å². The zero-order valence-corrected chi connectivity index (χ0v) is 17.1. The molecule has 1 rings (SSSR count). The van der Waals surface area contributed by atoms with Gasteiger partial charge in [0, 0.05) is 5.92 Å². The van der Waals surface area contributed by atoms with Crippen LogP contribution in [0.5, 0.6) is 0 Å². The molecule has 0 aliphatic heterocycles. The number of benzene rings is 1. The molecule has 0 aliphatic rings. The van der Waals surface area contributed by atoms with Crippen LogP contribution in [0, 0.1) is 23.5 Å². The summed E-state index contributed by atoms with van der Waals surface area (Å²) in [5.74, 6) is -3.46. The van der Waals surface area contributed by atoms with Crippen LogP contribution in [0.2, 0.25) is 0 Å². The molecule has 0 heterocycles. The fraction of sp³-hybridized carbons (Fsp3) is 0.619. The molecule has 0 N–H and O–H groups in total. The summed E-state index contributed by atoms with van der Waals surface area (Å²) in [4.78, 5) is 24.3. The van der Waals surface area contributed by atoms with Gasteiger partial charge in [-0.3, -0.25) is 9.59 Å². The van der Waals surface area contributed by atoms with Crippen molar-refractivity contribution in [3.8, 4) is 0 Å². The van der Waals surface area contributed by atoms with Gasteiger partial charge in [0.25, 0.3) is 0 Å². The largest absolute Gasteiger partial charge is 0.462 e. The Balaban J connectivity index is 2.84. The summed E-state index contributed by atoms with van der Waals surface area (Å²) < 4.78 is 38.5. The highest BCUT2D eigenvalue weighted by Gasteiger charge is 2.31. The zero-order chi connectivity index (χ0) is 20.9. The lowest BCUT2D eigenvalue weighted by molar-refractivity contribution is -0.163. The molecule has 0 saturated heterocycles. The van der Waals surface area contributed by atoms with Gasteiger partial charge in [0.15, 0.2) is 0 Å². The number of carbonyl (C=O) groups excluding carboxylic acids is 2. The van der Waals surface area contributed by atoms with Crippen molar-refractivity contribution in [1.82, 2.24) is 0 Å². The van der Waals surface area contributed by atoms with E-state index in [0.29, 0.717) is 0 Å². The van der Waals surface area contributed by atoms with Crippen LogP contribution in [0.15, 0.2) is 18.2 Å². The average molecular weight is 384 g/mol. The highest BCUT2D eigenvalue weighted by Crippen LogP contribution is 2.32. The second-order valence-electron chi connectivity index (χ2n) is 8.27. The summed E-state index contributed by atoms with van der Waals surface area (Å²) in [5.41, 5.74) is -0.462. The highest BCUT2D eigenvalue weighted by molar-refractivity contribution is 5.80. The van der Waals surface area contributed by atoms with E-state index in [0.717, 1.165) is 18.2 Å². The SMILES string of the molecule is CC(C)[C@@H](c1cc(F)ccc1F)[C@H](C)OC(=O)[C@H](C)CC(=O)OC(C)(C)C. The molecule has 1 aromatic rings. The highest BCUT2D eigenvalue weighted by atomic mass is 19.1. The van der Waals surface area contributed by atoms with Gasteiger partial charge < -0.3 is 9.47 Å². The summed E-state index contributed by atoms with van der Waals surface area (Å²) in [6.45, 7) is 12.2. The standard InChI is InChI=1S/C21H30F2O4/c1-12(2)19(16-11-15(22)8-9-17(16)23)14(4)26-20(25)13(3)10-18(24)27-21(5,6)7/h8-9,11-14,19H,10H2,1-7H3/t13-,14+,19-/m1/s1. The van der Waals surface area contributed by atoms with E-state index >= 15 is 0 Å². The van der Waals surface area contributed by atoms with Crippen LogP contribution in [0.1, 0.15) is 66.4 Å². The molecule has 3 atom stereocenters. The molecule has 0 fully saturated rings. The number of rotatable bonds is 7. The van der Waals surface area contributed by atoms with E-state index in [-0.39, 0.29) is 17.9 Å². The molecule has 1 aromatic carbocycles. The first kappa shape index (κ1) is 23.1. The lowest BCUT2D eigenvalue weighted by Crippen LogP contribution is -2.31. The molecule has 0 amide bonds. The summed E-state index contributed by atoms with van der Waals surface area (Å²) >= 11 is 0. The molecule has 0 saturated carbocycles. The Labute approximate surface area is 160 Å². The predicted molar refractivity (Wildman–Crippen MR) is 99.1 cm³/mol. The third-order valence-electron chi connectivity index (χ3n) is 4.14. The third kappa shape index (κ3) is 7.27. The smallest absolute Gasteiger partial charge is 0.309 e. The van der Waals surface area contributed by atoms with E-state index in [9.17, 15) is 18.4 Å². The van der Waals surface area contributed by atoms with Crippen molar-refractivity contribution in [3.05, 3.63) is 35.4 Å². The normalized spacial score (nSPS) is 15.2. The quantitative estimate of drug-likeness (QED) is 0.621. The Morgan fingerprint density at radius 2 is 1.67 bits per heavy atom. The second kappa shape index (κ2) is 9.29. The molecule has 6 heteroatoms. The Morgan fingerprint density at radius 3 is 2.19 bits per heavy atom. The minimum Gasteiger partial charge on any atom is -0.462 e. The first-order valence-corrected chi connectivity index (χ1v) is 9.19. The van der Waals surface area contributed by atoms with Crippen LogP contribution in [0.25, 0.3) is 0 Å². The molecule has 0 aromatic heterocycles. The van der Waals surface area contributed by atoms with Crippen LogP contribution in [0.4, 0.5) is 8.78 Å². The Morgan fingerprint density at radius 1 is 1.07 bits per heavy atom. The first-order valence-electron chi connectivity index (χ1n) is 9.19. The minimum atomic E-state index is -0.701. The van der Waals surface area contributed by atoms with Crippen molar-refractivity contribution in [2.75, 3.05) is 0 Å². The molecular weight excluding hydrogens is 354 g/mol. The lowest BCUT2D eigenvalue weighted by Gasteiger charge is -2.29. The Bertz CT molecular complexity index is 665. The first-order chi connectivity index (χ1) is 12.3. The predicted octanol–water partition coefficient (Wildman–Crippen LogP) is 5.00. The topological polar surface area (TPSA) is 52.6 Å². The van der Waals surface area contributed by atoms with Crippen LogP contribution in [0.3, 0.4) is 0 Å². The summed E-state index contributed by atoms with van der Waals surface area (Å²) in [5, 5.41) is 0. The second-order valence-corrected chi connectivity index (χ2v) is 8.27. The Kier molecular flexibility index (Phi) is 7.93. The van der Waals surface area contributed by atoms with Gasteiger partial charge in [0.05, 0.1) is 12.3 Å². The minimum absolute atomic E-state index is 0.0924. The summed E-state index contributed by atoms with van der Waals surface area (Å²) in [7, 11) is 0. The number of carbonyl (C=O) groups is 2. The van der Waals surface area contributed by atoms with Crippen molar-refractivity contribution in [2.45, 2.75) is 72.5 Å². The van der Waals surface area contributed by atoms with Crippen molar-refractivity contribution >= 4 is 11.9 Å². The number of hydrogen-bond donors (Lipinski definition) is 0. The summed E-state index contributed by atoms with van der Waals surface area (Å²) in [6.07, 6.45) is -0.793. The van der Waals surface area contributed by atoms with Gasteiger partial charge in [-0.15, -0.1) is 0 Å². The van der Waals surface area contributed by atoms with E-state index in [1.165, 1.54) is 0 Å². The van der Waals surface area contributed by atoms with Crippen LogP contribution < -0.4 is 0 Å². The number of ether oxygens (including phenoxy) is 2. The molecule has 152 valence electrons. The molecule has 0 radical (unpaired) electrons. The van der Waals surface area contributed by atoms with E-state index in [1.54, 1.807) is 34.6 Å². The maximum atomic E-state index is 14.2. The van der Waals surface area contributed by atoms with E-state index in [1.807, 2.05) is 13.8 Å². The molecule has 27 heavy (non-hydrogen) atoms. The van der Waals surface area contributed by atoms with Crippen molar-refractivity contribution in [2.24, 2.45) is 11.8 Å². The lowest BCUT2D eigenvalue weighted by atomic mass is 9.84. The van der Waals surface area contributed by atoms with Gasteiger partial charge in [-0.25, -0.2) is 8.78 Å². The van der Waals surface area contributed by atoms with E-state index in [2.05, 4.69) is 0 Å². The number of halogens is 2. The molecule has 0 bridgehead atoms. The van der Waals surface area contributed by atoms with Crippen molar-refractivity contribution < 1.29 is 27.8 Å². The fourth-order valence-corrected chi connectivity index (χ4v) is 3.01. The molecular formula is C21H30F2O4. The fourth-order valence-electron chi connectivity index (χ4n) is 3.01. The van der Waals surface area contributed by atoms with E-state index < -0.39 is 47.1 Å². The van der Waals surface area contributed by atoms with Gasteiger partial charge in [0.2, 0.25) is 0 Å². The summed E-state index contributed by atoms with van der Waals surface area (Å²) in [6, 6.07) is 3.25. The van der Waals surface area contributed by atoms with Gasteiger partial charge >= 0.3 is 11.9 Å². The molecule has 0 unspecified atom stereocenters.